The number of carbonyl (C=O) groups is 1. The lowest BCUT2D eigenvalue weighted by Gasteiger charge is -2.37. The van der Waals surface area contributed by atoms with Gasteiger partial charge in [-0.1, -0.05) is 35.0 Å². The Kier molecular flexibility index (Phi) is 5.66. The molecule has 6 nitrogen and oxygen atoms in total. The number of ketones is 1. The van der Waals surface area contributed by atoms with Gasteiger partial charge in [-0.2, -0.15) is 5.10 Å². The van der Waals surface area contributed by atoms with Crippen LogP contribution in [0.4, 0.5) is 0 Å². The van der Waals surface area contributed by atoms with Crippen LogP contribution >= 0.6 is 15.9 Å². The molecular weight excluding hydrogens is 386 g/mol. The predicted molar refractivity (Wildman–Crippen MR) is 96.0 cm³/mol. The monoisotopic (exact) mass is 407 g/mol. The fraction of sp³-hybridized carbons (Fsp3) is 0.500. The summed E-state index contributed by atoms with van der Waals surface area (Å²) in [6.07, 6.45) is 4.13. The Balaban J connectivity index is 1.82. The van der Waals surface area contributed by atoms with Crippen molar-refractivity contribution in [2.45, 2.75) is 39.0 Å². The number of nitrogens with zero attached hydrogens (tertiary/aromatic N) is 3. The maximum atomic E-state index is 13.3. The van der Waals surface area contributed by atoms with Gasteiger partial charge in [0.2, 0.25) is 0 Å². The molecule has 7 heteroatoms. The van der Waals surface area contributed by atoms with Crippen LogP contribution in [0.5, 0.6) is 0 Å². The minimum atomic E-state index is -0.697. The van der Waals surface area contributed by atoms with Crippen LogP contribution in [0.1, 0.15) is 31.9 Å². The number of rotatable bonds is 6. The summed E-state index contributed by atoms with van der Waals surface area (Å²) in [5.74, 6) is 0.0514. The highest BCUT2D eigenvalue weighted by atomic mass is 79.9. The summed E-state index contributed by atoms with van der Waals surface area (Å²) in [6.45, 7) is 4.61. The Morgan fingerprint density at radius 2 is 2.04 bits per heavy atom. The van der Waals surface area contributed by atoms with E-state index in [4.69, 9.17) is 9.47 Å². The normalized spacial score (nSPS) is 24.8. The molecule has 1 aromatic heterocycles. The third kappa shape index (κ3) is 4.16. The number of Topliss-reactive ketones (excluding diaryl/α,β-unsaturated/α-hetero) is 1. The van der Waals surface area contributed by atoms with Gasteiger partial charge in [-0.15, -0.1) is 0 Å². The van der Waals surface area contributed by atoms with Crippen molar-refractivity contribution in [1.29, 1.82) is 0 Å². The van der Waals surface area contributed by atoms with Crippen molar-refractivity contribution < 1.29 is 14.3 Å². The smallest absolute Gasteiger partial charge is 0.168 e. The Bertz CT molecular complexity index is 695. The topological polar surface area (TPSA) is 66.2 Å². The molecule has 1 fully saturated rings. The van der Waals surface area contributed by atoms with E-state index in [1.165, 1.54) is 6.33 Å². The van der Waals surface area contributed by atoms with Gasteiger partial charge in [0.25, 0.3) is 0 Å². The minimum Gasteiger partial charge on any atom is -0.352 e. The van der Waals surface area contributed by atoms with Crippen LogP contribution in [0.25, 0.3) is 0 Å². The summed E-state index contributed by atoms with van der Waals surface area (Å²) in [4.78, 5) is 17.3. The molecule has 2 aromatic rings. The van der Waals surface area contributed by atoms with Crippen molar-refractivity contribution in [3.63, 3.8) is 0 Å². The first-order valence-corrected chi connectivity index (χ1v) is 9.17. The summed E-state index contributed by atoms with van der Waals surface area (Å²) in [5.41, 5.74) is 0.363. The fourth-order valence-corrected chi connectivity index (χ4v) is 3.22. The van der Waals surface area contributed by atoms with E-state index in [-0.39, 0.29) is 12.1 Å². The second kappa shape index (κ2) is 7.76. The van der Waals surface area contributed by atoms with E-state index in [0.717, 1.165) is 16.5 Å². The molecule has 134 valence electrons. The van der Waals surface area contributed by atoms with E-state index in [0.29, 0.717) is 19.6 Å². The van der Waals surface area contributed by atoms with E-state index in [9.17, 15) is 4.79 Å². The molecule has 0 N–H and O–H groups in total. The lowest BCUT2D eigenvalue weighted by Crippen LogP contribution is -2.48. The average molecular weight is 408 g/mol. The molecule has 0 spiro atoms. The first-order valence-electron chi connectivity index (χ1n) is 8.38. The molecule has 1 unspecified atom stereocenters. The lowest BCUT2D eigenvalue weighted by atomic mass is 9.81. The Labute approximate surface area is 155 Å². The second-order valence-electron chi connectivity index (χ2n) is 6.61. The fourth-order valence-electron chi connectivity index (χ4n) is 2.95. The van der Waals surface area contributed by atoms with Crippen LogP contribution in [-0.4, -0.2) is 40.1 Å². The Morgan fingerprint density at radius 1 is 1.36 bits per heavy atom. The first kappa shape index (κ1) is 18.2. The number of ether oxygens (including phenoxy) is 2. The van der Waals surface area contributed by atoms with E-state index in [1.54, 1.807) is 11.0 Å². The first-order chi connectivity index (χ1) is 12.0. The summed E-state index contributed by atoms with van der Waals surface area (Å²) in [6, 6.07) is 7.51. The molecule has 1 aromatic carbocycles. The lowest BCUT2D eigenvalue weighted by molar-refractivity contribution is -0.224. The van der Waals surface area contributed by atoms with Gasteiger partial charge in [0.1, 0.15) is 18.7 Å². The highest BCUT2D eigenvalue weighted by Gasteiger charge is 2.43. The molecule has 3 rings (SSSR count). The van der Waals surface area contributed by atoms with Crippen LogP contribution in [0, 0.1) is 5.41 Å². The molecule has 1 aliphatic rings. The number of aromatic nitrogens is 3. The zero-order chi connectivity index (χ0) is 17.9. The van der Waals surface area contributed by atoms with E-state index >= 15 is 0 Å². The maximum absolute atomic E-state index is 13.3. The SMILES string of the molecule is CCC1OCC(C)(C(=O)C(Cc2ccc(Br)cc2)n2cncn2)CO1. The van der Waals surface area contributed by atoms with E-state index < -0.39 is 11.5 Å². The summed E-state index contributed by atoms with van der Waals surface area (Å²) >= 11 is 3.44. The molecule has 0 amide bonds. The maximum Gasteiger partial charge on any atom is 0.168 e. The summed E-state index contributed by atoms with van der Waals surface area (Å²) in [5, 5.41) is 4.20. The van der Waals surface area contributed by atoms with Gasteiger partial charge in [-0.25, -0.2) is 9.67 Å². The summed E-state index contributed by atoms with van der Waals surface area (Å²) in [7, 11) is 0. The third-order valence-corrected chi connectivity index (χ3v) is 5.03. The molecular formula is C18H22BrN3O3. The van der Waals surface area contributed by atoms with Gasteiger partial charge < -0.3 is 9.47 Å². The zero-order valence-electron chi connectivity index (χ0n) is 14.4. The van der Waals surface area contributed by atoms with Gasteiger partial charge in [-0.3, -0.25) is 4.79 Å². The predicted octanol–water partition coefficient (Wildman–Crippen LogP) is 3.18. The van der Waals surface area contributed by atoms with Crippen molar-refractivity contribution in [2.24, 2.45) is 5.41 Å². The molecule has 1 saturated heterocycles. The number of benzene rings is 1. The van der Waals surface area contributed by atoms with Gasteiger partial charge >= 0.3 is 0 Å². The number of hydrogen-bond acceptors (Lipinski definition) is 5. The highest BCUT2D eigenvalue weighted by molar-refractivity contribution is 9.10. The van der Waals surface area contributed by atoms with Crippen molar-refractivity contribution in [3.8, 4) is 0 Å². The standard InChI is InChI=1S/C18H22BrN3O3/c1-3-16-24-9-18(2,10-25-16)17(23)15(22-12-20-11-21-22)8-13-4-6-14(19)7-5-13/h4-7,11-12,15-16H,3,8-10H2,1-2H3. The molecule has 0 bridgehead atoms. The number of carbonyl (C=O) groups excluding carboxylic acids is 1. The quantitative estimate of drug-likeness (QED) is 0.735. The molecule has 1 aliphatic heterocycles. The Morgan fingerprint density at radius 3 is 2.60 bits per heavy atom. The van der Waals surface area contributed by atoms with Gasteiger partial charge in [0.05, 0.1) is 18.6 Å². The van der Waals surface area contributed by atoms with Crippen LogP contribution in [0.3, 0.4) is 0 Å². The second-order valence-corrected chi connectivity index (χ2v) is 7.52. The Hall–Kier alpha value is -1.57. The van der Waals surface area contributed by atoms with Crippen molar-refractivity contribution in [1.82, 2.24) is 14.8 Å². The molecule has 1 atom stereocenters. The molecule has 2 heterocycles. The minimum absolute atomic E-state index is 0.0514. The highest BCUT2D eigenvalue weighted by Crippen LogP contribution is 2.32. The largest absolute Gasteiger partial charge is 0.352 e. The van der Waals surface area contributed by atoms with E-state index in [1.807, 2.05) is 38.1 Å². The van der Waals surface area contributed by atoms with Crippen molar-refractivity contribution in [2.75, 3.05) is 13.2 Å². The molecule has 25 heavy (non-hydrogen) atoms. The van der Waals surface area contributed by atoms with Gasteiger partial charge in [-0.05, 0) is 31.0 Å². The zero-order valence-corrected chi connectivity index (χ0v) is 16.0. The van der Waals surface area contributed by atoms with Gasteiger partial charge in [0.15, 0.2) is 12.1 Å². The van der Waals surface area contributed by atoms with Crippen LogP contribution < -0.4 is 0 Å². The van der Waals surface area contributed by atoms with Crippen LogP contribution in [0.2, 0.25) is 0 Å². The van der Waals surface area contributed by atoms with E-state index in [2.05, 4.69) is 26.0 Å². The molecule has 0 aliphatic carbocycles. The average Bonchev–Trinajstić information content (AvgIpc) is 3.16. The summed E-state index contributed by atoms with van der Waals surface area (Å²) < 4.78 is 14.0. The molecule has 0 radical (unpaired) electrons. The molecule has 0 saturated carbocycles. The van der Waals surface area contributed by atoms with Crippen LogP contribution in [0.15, 0.2) is 41.4 Å². The third-order valence-electron chi connectivity index (χ3n) is 4.50. The van der Waals surface area contributed by atoms with Crippen LogP contribution in [-0.2, 0) is 20.7 Å². The van der Waals surface area contributed by atoms with Crippen molar-refractivity contribution in [3.05, 3.63) is 47.0 Å². The van der Waals surface area contributed by atoms with Gasteiger partial charge in [0, 0.05) is 10.9 Å². The number of hydrogen-bond donors (Lipinski definition) is 0. The van der Waals surface area contributed by atoms with Crippen molar-refractivity contribution >= 4 is 21.7 Å². The number of halogens is 1.